The fourth-order valence-electron chi connectivity index (χ4n) is 5.63. The summed E-state index contributed by atoms with van der Waals surface area (Å²) in [7, 11) is 5.88. The fraction of sp³-hybridized carbons (Fsp3) is 0.660. The van der Waals surface area contributed by atoms with E-state index in [0.29, 0.717) is 17.4 Å². The zero-order chi connectivity index (χ0) is 43.5. The van der Waals surface area contributed by atoms with Crippen molar-refractivity contribution < 1.29 is 42.9 Å². The van der Waals surface area contributed by atoms with E-state index in [1.165, 1.54) is 38.5 Å². The average molecular weight is 826 g/mol. The zero-order valence-corrected chi connectivity index (χ0v) is 37.8. The summed E-state index contributed by atoms with van der Waals surface area (Å²) in [5.41, 5.74) is 0. The third kappa shape index (κ3) is 42.4. The van der Waals surface area contributed by atoms with Gasteiger partial charge in [-0.05, 0) is 70.6 Å². The first kappa shape index (κ1) is 55.5. The average Bonchev–Trinajstić information content (AvgIpc) is 3.19. The molecule has 0 aromatic carbocycles. The van der Waals surface area contributed by atoms with E-state index < -0.39 is 24.3 Å². The Morgan fingerprint density at radius 1 is 0.525 bits per heavy atom. The van der Waals surface area contributed by atoms with E-state index in [9.17, 15) is 19.5 Å². The van der Waals surface area contributed by atoms with Crippen LogP contribution in [0.1, 0.15) is 155 Å². The molecule has 0 aromatic rings. The molecule has 0 amide bonds. The number of hydrogen-bond donors (Lipinski definition) is 0. The summed E-state index contributed by atoms with van der Waals surface area (Å²) in [6, 6.07) is 0. The van der Waals surface area contributed by atoms with Crippen molar-refractivity contribution in [1.82, 2.24) is 0 Å². The molecule has 2 atom stereocenters. The second-order valence-electron chi connectivity index (χ2n) is 16.0. The van der Waals surface area contributed by atoms with E-state index in [1.54, 1.807) is 0 Å². The van der Waals surface area contributed by atoms with E-state index in [1.807, 2.05) is 21.1 Å². The Labute approximate surface area is 359 Å². The van der Waals surface area contributed by atoms with Crippen molar-refractivity contribution in [2.45, 2.75) is 167 Å². The van der Waals surface area contributed by atoms with Crippen LogP contribution >= 0.6 is 0 Å². The monoisotopic (exact) mass is 826 g/mol. The molecule has 336 valence electrons. The topological polar surface area (TPSA) is 111 Å². The molecule has 0 saturated heterocycles. The number of ether oxygens (including phenoxy) is 4. The lowest BCUT2D eigenvalue weighted by Crippen LogP contribution is -2.44. The van der Waals surface area contributed by atoms with Gasteiger partial charge in [-0.1, -0.05) is 157 Å². The van der Waals surface area contributed by atoms with Gasteiger partial charge in [0, 0.05) is 12.8 Å². The Morgan fingerprint density at radius 3 is 1.44 bits per heavy atom. The number of hydrogen-bond acceptors (Lipinski definition) is 8. The minimum atomic E-state index is -1.63. The molecule has 0 aliphatic carbocycles. The number of carboxylic acids is 1. The highest BCUT2D eigenvalue weighted by atomic mass is 16.7. The van der Waals surface area contributed by atoms with Crippen LogP contribution in [0.25, 0.3) is 0 Å². The number of likely N-dealkylation sites (N-methyl/N-ethyl adjacent to an activating group) is 1. The summed E-state index contributed by atoms with van der Waals surface area (Å²) >= 11 is 0. The Hall–Kier alpha value is -3.53. The molecule has 9 nitrogen and oxygen atoms in total. The summed E-state index contributed by atoms with van der Waals surface area (Å²) < 4.78 is 22.4. The normalized spacial score (nSPS) is 13.7. The molecular formula is C50H83NO8. The largest absolute Gasteiger partial charge is 0.545 e. The Bertz CT molecular complexity index is 1240. The number of rotatable bonds is 40. The van der Waals surface area contributed by atoms with Crippen LogP contribution in [0.4, 0.5) is 0 Å². The molecule has 9 heteroatoms. The molecule has 0 aliphatic rings. The van der Waals surface area contributed by atoms with Crippen molar-refractivity contribution in [2.75, 3.05) is 47.5 Å². The number of carboxylic acid groups (broad SMARTS) is 1. The van der Waals surface area contributed by atoms with Gasteiger partial charge < -0.3 is 33.3 Å². The maximum atomic E-state index is 12.7. The summed E-state index contributed by atoms with van der Waals surface area (Å²) in [6.45, 7) is 4.53. The van der Waals surface area contributed by atoms with E-state index in [-0.39, 0.29) is 38.6 Å². The quantitative estimate of drug-likeness (QED) is 0.0197. The second kappa shape index (κ2) is 41.2. The van der Waals surface area contributed by atoms with Gasteiger partial charge in [0.2, 0.25) is 0 Å². The lowest BCUT2D eigenvalue weighted by Gasteiger charge is -2.26. The first-order valence-corrected chi connectivity index (χ1v) is 22.7. The van der Waals surface area contributed by atoms with Crippen LogP contribution in [0.5, 0.6) is 0 Å². The van der Waals surface area contributed by atoms with Gasteiger partial charge in [0.05, 0.1) is 40.3 Å². The van der Waals surface area contributed by atoms with Crippen LogP contribution in [-0.4, -0.2) is 82.3 Å². The molecule has 0 fully saturated rings. The van der Waals surface area contributed by atoms with Crippen molar-refractivity contribution in [3.63, 3.8) is 0 Å². The minimum absolute atomic E-state index is 0.137. The summed E-state index contributed by atoms with van der Waals surface area (Å²) in [6.07, 6.45) is 49.1. The number of aliphatic carboxylic acids is 1. The molecular weight excluding hydrogens is 743 g/mol. The standard InChI is InChI=1S/C50H83NO8/c1-6-8-10-12-14-16-17-18-19-20-21-22-23-24-25-26-27-28-29-30-31-33-35-37-39-41-48(53)59-46(45-58-50(49(54)55)56-43-42-51(3,4)5)44-57-47(52)40-38-36-34-32-15-13-11-9-7-2/h8,10,14,16,18-19,21-22,24-25,27-28,30-31,46,50H,6-7,9,11-13,15,17,20,23,26,29,32-45H2,1-5H3/b10-8-,16-14-,19-18-,22-21-,25-24-,28-27-,31-30-. The lowest BCUT2D eigenvalue weighted by atomic mass is 10.1. The van der Waals surface area contributed by atoms with E-state index in [4.69, 9.17) is 18.9 Å². The van der Waals surface area contributed by atoms with Crippen molar-refractivity contribution in [2.24, 2.45) is 0 Å². The first-order chi connectivity index (χ1) is 28.6. The number of quaternary nitrogens is 1. The molecule has 0 N–H and O–H groups in total. The molecule has 0 aromatic heterocycles. The van der Waals surface area contributed by atoms with Gasteiger partial charge in [0.25, 0.3) is 0 Å². The number of esters is 2. The van der Waals surface area contributed by atoms with Crippen LogP contribution in [0.15, 0.2) is 85.1 Å². The van der Waals surface area contributed by atoms with Crippen LogP contribution in [0, 0.1) is 0 Å². The highest BCUT2D eigenvalue weighted by Crippen LogP contribution is 2.12. The van der Waals surface area contributed by atoms with Crippen molar-refractivity contribution in [3.8, 4) is 0 Å². The third-order valence-electron chi connectivity index (χ3n) is 9.16. The van der Waals surface area contributed by atoms with E-state index >= 15 is 0 Å². The smallest absolute Gasteiger partial charge is 0.306 e. The highest BCUT2D eigenvalue weighted by Gasteiger charge is 2.21. The van der Waals surface area contributed by atoms with Gasteiger partial charge in [0.15, 0.2) is 12.4 Å². The molecule has 59 heavy (non-hydrogen) atoms. The van der Waals surface area contributed by atoms with Gasteiger partial charge in [-0.3, -0.25) is 9.59 Å². The minimum Gasteiger partial charge on any atom is -0.545 e. The van der Waals surface area contributed by atoms with Gasteiger partial charge in [-0.15, -0.1) is 0 Å². The van der Waals surface area contributed by atoms with Crippen molar-refractivity contribution >= 4 is 17.9 Å². The first-order valence-electron chi connectivity index (χ1n) is 22.7. The van der Waals surface area contributed by atoms with Gasteiger partial charge in [0.1, 0.15) is 13.2 Å². The predicted octanol–water partition coefficient (Wildman–Crippen LogP) is 10.8. The summed E-state index contributed by atoms with van der Waals surface area (Å²) in [4.78, 5) is 36.9. The summed E-state index contributed by atoms with van der Waals surface area (Å²) in [5, 5.41) is 11.7. The molecule has 0 saturated carbocycles. The Kier molecular flexibility index (Phi) is 38.7. The van der Waals surface area contributed by atoms with Crippen LogP contribution in [-0.2, 0) is 33.3 Å². The molecule has 0 rings (SSSR count). The Balaban J connectivity index is 4.44. The van der Waals surface area contributed by atoms with Gasteiger partial charge >= 0.3 is 11.9 Å². The Morgan fingerprint density at radius 2 is 0.966 bits per heavy atom. The molecule has 0 spiro atoms. The van der Waals surface area contributed by atoms with Crippen molar-refractivity contribution in [3.05, 3.63) is 85.1 Å². The highest BCUT2D eigenvalue weighted by molar-refractivity contribution is 5.70. The predicted molar refractivity (Wildman–Crippen MR) is 241 cm³/mol. The van der Waals surface area contributed by atoms with E-state index in [0.717, 1.165) is 83.5 Å². The lowest BCUT2D eigenvalue weighted by molar-refractivity contribution is -0.870. The van der Waals surface area contributed by atoms with E-state index in [2.05, 4.69) is 98.9 Å². The molecule has 0 bridgehead atoms. The molecule has 2 unspecified atom stereocenters. The maximum Gasteiger partial charge on any atom is 0.306 e. The number of carbonyl (C=O) groups is 3. The molecule has 0 radical (unpaired) electrons. The third-order valence-corrected chi connectivity index (χ3v) is 9.16. The molecule has 0 aliphatic heterocycles. The van der Waals surface area contributed by atoms with Gasteiger partial charge in [-0.2, -0.15) is 0 Å². The second-order valence-corrected chi connectivity index (χ2v) is 16.0. The molecule has 0 heterocycles. The van der Waals surface area contributed by atoms with Gasteiger partial charge in [-0.25, -0.2) is 0 Å². The number of carbonyl (C=O) groups excluding carboxylic acids is 3. The summed E-state index contributed by atoms with van der Waals surface area (Å²) in [5.74, 6) is -2.35. The van der Waals surface area contributed by atoms with Crippen molar-refractivity contribution in [1.29, 1.82) is 0 Å². The zero-order valence-electron chi connectivity index (χ0n) is 37.8. The maximum absolute atomic E-state index is 12.7. The van der Waals surface area contributed by atoms with Crippen LogP contribution in [0.2, 0.25) is 0 Å². The van der Waals surface area contributed by atoms with Crippen LogP contribution in [0.3, 0.4) is 0 Å². The van der Waals surface area contributed by atoms with Crippen LogP contribution < -0.4 is 5.11 Å². The number of allylic oxidation sites excluding steroid dienone is 14. The fourth-order valence-corrected chi connectivity index (χ4v) is 5.63. The number of nitrogens with zero attached hydrogens (tertiary/aromatic N) is 1. The number of unbranched alkanes of at least 4 members (excludes halogenated alkanes) is 11. The SMILES string of the molecule is CC/C=C\C/C=C\C/C=C\C/C=C\C/C=C\C/C=C\C/C=C\CCCCCC(=O)OC(COC(=O)CCCCCCCCCCC)COC(OCC[N+](C)(C)C)C(=O)[O-].